The minimum Gasteiger partial charge on any atom is -0.495 e. The molecule has 6 rings (SSSR count). The Morgan fingerprint density at radius 1 is 1.03 bits per heavy atom. The predicted molar refractivity (Wildman–Crippen MR) is 123 cm³/mol. The Hall–Kier alpha value is -4.00. The third-order valence-electron chi connectivity index (χ3n) is 7.03. The fraction of sp³-hybridized carbons (Fsp3) is 0.231. The van der Waals surface area contributed by atoms with E-state index >= 15 is 0 Å². The molecule has 164 valence electrons. The van der Waals surface area contributed by atoms with Crippen LogP contribution in [-0.4, -0.2) is 29.8 Å². The fourth-order valence-corrected chi connectivity index (χ4v) is 5.54. The number of imide groups is 1. The Balaban J connectivity index is 1.30. The number of allylic oxidation sites excluding steroid dienone is 2. The largest absolute Gasteiger partial charge is 0.495 e. The summed E-state index contributed by atoms with van der Waals surface area (Å²) in [5.41, 5.74) is 2.02. The number of aromatic nitrogens is 1. The molecule has 1 N–H and O–H groups in total. The van der Waals surface area contributed by atoms with Crippen LogP contribution in [0.3, 0.4) is 0 Å². The van der Waals surface area contributed by atoms with Crippen molar-refractivity contribution < 1.29 is 19.1 Å². The number of para-hydroxylation sites is 1. The average molecular weight is 439 g/mol. The van der Waals surface area contributed by atoms with E-state index in [2.05, 4.69) is 22.5 Å². The number of nitrogens with one attached hydrogen (secondary N) is 1. The molecule has 0 spiro atoms. The molecule has 0 radical (unpaired) electrons. The smallest absolute Gasteiger partial charge is 0.255 e. The molecule has 3 aliphatic rings. The number of nitrogens with zero attached hydrogens (tertiary/aromatic N) is 2. The van der Waals surface area contributed by atoms with Crippen molar-refractivity contribution in [2.45, 2.75) is 6.42 Å². The van der Waals surface area contributed by atoms with Gasteiger partial charge in [-0.05, 0) is 48.6 Å². The second kappa shape index (κ2) is 7.27. The number of benzene rings is 2. The van der Waals surface area contributed by atoms with Gasteiger partial charge in [-0.25, -0.2) is 4.90 Å². The van der Waals surface area contributed by atoms with Crippen LogP contribution in [0.15, 0.2) is 66.9 Å². The number of carbonyl (C=O) groups is 3. The van der Waals surface area contributed by atoms with E-state index in [4.69, 9.17) is 4.74 Å². The minimum atomic E-state index is -0.337. The normalized spacial score (nSPS) is 25.1. The van der Waals surface area contributed by atoms with E-state index in [1.54, 1.807) is 30.5 Å². The number of pyridine rings is 1. The molecule has 4 atom stereocenters. The van der Waals surface area contributed by atoms with Crippen molar-refractivity contribution in [1.29, 1.82) is 0 Å². The van der Waals surface area contributed by atoms with Crippen LogP contribution in [0.2, 0.25) is 0 Å². The van der Waals surface area contributed by atoms with Gasteiger partial charge in [-0.2, -0.15) is 0 Å². The van der Waals surface area contributed by atoms with Gasteiger partial charge in [-0.3, -0.25) is 19.4 Å². The van der Waals surface area contributed by atoms with Gasteiger partial charge in [0.05, 0.1) is 35.8 Å². The Bertz CT molecular complexity index is 1330. The van der Waals surface area contributed by atoms with Gasteiger partial charge in [-0.15, -0.1) is 0 Å². The van der Waals surface area contributed by atoms with Crippen LogP contribution in [0, 0.1) is 23.7 Å². The van der Waals surface area contributed by atoms with Crippen LogP contribution < -0.4 is 15.0 Å². The van der Waals surface area contributed by atoms with Gasteiger partial charge in [0.15, 0.2) is 0 Å². The van der Waals surface area contributed by atoms with Crippen molar-refractivity contribution >= 4 is 40.0 Å². The molecule has 2 heterocycles. The first-order valence-electron chi connectivity index (χ1n) is 11.0. The zero-order chi connectivity index (χ0) is 22.7. The predicted octanol–water partition coefficient (Wildman–Crippen LogP) is 3.81. The lowest BCUT2D eigenvalue weighted by molar-refractivity contribution is -0.123. The summed E-state index contributed by atoms with van der Waals surface area (Å²) in [4.78, 5) is 44.9. The maximum atomic E-state index is 13.2. The average Bonchev–Trinajstić information content (AvgIpc) is 3.52. The van der Waals surface area contributed by atoms with Crippen molar-refractivity contribution in [2.24, 2.45) is 23.7 Å². The van der Waals surface area contributed by atoms with Crippen molar-refractivity contribution in [3.05, 3.63) is 72.4 Å². The van der Waals surface area contributed by atoms with Gasteiger partial charge in [0, 0.05) is 17.1 Å². The van der Waals surface area contributed by atoms with E-state index in [9.17, 15) is 14.4 Å². The first-order valence-corrected chi connectivity index (χ1v) is 11.0. The minimum absolute atomic E-state index is 0.131. The molecule has 1 aromatic heterocycles. The number of anilines is 2. The number of hydrogen-bond donors (Lipinski definition) is 1. The van der Waals surface area contributed by atoms with Gasteiger partial charge in [0.2, 0.25) is 11.8 Å². The molecular formula is C26H21N3O4. The third kappa shape index (κ3) is 2.88. The van der Waals surface area contributed by atoms with Crippen molar-refractivity contribution in [1.82, 2.24) is 4.98 Å². The zero-order valence-corrected chi connectivity index (χ0v) is 17.9. The number of fused-ring (bicyclic) bond motifs is 6. The van der Waals surface area contributed by atoms with E-state index in [-0.39, 0.29) is 41.4 Å². The molecule has 3 amide bonds. The summed E-state index contributed by atoms with van der Waals surface area (Å²) in [6.45, 7) is 0. The topological polar surface area (TPSA) is 88.6 Å². The highest BCUT2D eigenvalue weighted by molar-refractivity contribution is 6.23. The summed E-state index contributed by atoms with van der Waals surface area (Å²) >= 11 is 0. The monoisotopic (exact) mass is 439 g/mol. The van der Waals surface area contributed by atoms with Crippen LogP contribution >= 0.6 is 0 Å². The van der Waals surface area contributed by atoms with Crippen LogP contribution in [0.25, 0.3) is 10.9 Å². The second-order valence-corrected chi connectivity index (χ2v) is 8.73. The molecule has 0 unspecified atom stereocenters. The summed E-state index contributed by atoms with van der Waals surface area (Å²) in [5.74, 6) is -0.716. The molecule has 2 bridgehead atoms. The molecular weight excluding hydrogens is 418 g/mol. The highest BCUT2D eigenvalue weighted by Gasteiger charge is 2.59. The standard InChI is InChI=1S/C26H21N3O4/c1-33-20-13-17(24(30)28-18-6-2-4-14-5-3-11-27-23(14)18)9-10-19(20)29-25(31)21-15-7-8-16(12-15)22(21)26(29)32/h2-11,13,15-16,21-22H,12H2,1H3,(H,28,30)/t15-,16+,21-,22+. The summed E-state index contributed by atoms with van der Waals surface area (Å²) < 4.78 is 5.50. The van der Waals surface area contributed by atoms with E-state index in [0.29, 0.717) is 28.2 Å². The van der Waals surface area contributed by atoms with E-state index in [1.807, 2.05) is 24.3 Å². The van der Waals surface area contributed by atoms with Crippen LogP contribution in [-0.2, 0) is 9.59 Å². The number of rotatable bonds is 4. The zero-order valence-electron chi connectivity index (χ0n) is 17.9. The van der Waals surface area contributed by atoms with Crippen LogP contribution in [0.1, 0.15) is 16.8 Å². The highest BCUT2D eigenvalue weighted by atomic mass is 16.5. The molecule has 1 saturated heterocycles. The lowest BCUT2D eigenvalue weighted by Crippen LogP contribution is -2.33. The van der Waals surface area contributed by atoms with Gasteiger partial charge in [0.1, 0.15) is 5.75 Å². The lowest BCUT2D eigenvalue weighted by Gasteiger charge is -2.20. The first kappa shape index (κ1) is 19.7. The van der Waals surface area contributed by atoms with Crippen LogP contribution in [0.4, 0.5) is 11.4 Å². The van der Waals surface area contributed by atoms with Gasteiger partial charge in [-0.1, -0.05) is 30.4 Å². The molecule has 3 aromatic rings. The summed E-state index contributed by atoms with van der Waals surface area (Å²) in [6.07, 6.45) is 6.68. The number of methoxy groups -OCH3 is 1. The molecule has 7 nitrogen and oxygen atoms in total. The van der Waals surface area contributed by atoms with Crippen molar-refractivity contribution in [3.63, 3.8) is 0 Å². The summed E-state index contributed by atoms with van der Waals surface area (Å²) in [6, 6.07) is 14.1. The Kier molecular flexibility index (Phi) is 4.33. The Morgan fingerprint density at radius 2 is 1.76 bits per heavy atom. The maximum Gasteiger partial charge on any atom is 0.255 e. The van der Waals surface area contributed by atoms with Gasteiger partial charge < -0.3 is 10.1 Å². The first-order chi connectivity index (χ1) is 16.1. The molecule has 7 heteroatoms. The molecule has 2 aliphatic carbocycles. The Labute approximate surface area is 190 Å². The van der Waals surface area contributed by atoms with Crippen molar-refractivity contribution in [2.75, 3.05) is 17.3 Å². The van der Waals surface area contributed by atoms with Gasteiger partial charge in [0.25, 0.3) is 5.91 Å². The molecule has 1 saturated carbocycles. The van der Waals surface area contributed by atoms with Gasteiger partial charge >= 0.3 is 0 Å². The number of carbonyl (C=O) groups excluding carboxylic acids is 3. The summed E-state index contributed by atoms with van der Waals surface area (Å²) in [7, 11) is 1.46. The Morgan fingerprint density at radius 3 is 2.48 bits per heavy atom. The maximum absolute atomic E-state index is 13.2. The van der Waals surface area contributed by atoms with E-state index in [1.165, 1.54) is 12.0 Å². The third-order valence-corrected chi connectivity index (χ3v) is 7.03. The molecule has 2 aromatic carbocycles. The molecule has 1 aliphatic heterocycles. The molecule has 2 fully saturated rings. The highest BCUT2D eigenvalue weighted by Crippen LogP contribution is 2.53. The SMILES string of the molecule is COc1cc(C(=O)Nc2cccc3cccnc23)ccc1N1C(=O)[C@@H]2[C@H](C1=O)[C@@H]1C=C[C@H]2C1. The quantitative estimate of drug-likeness (QED) is 0.493. The number of amides is 3. The summed E-state index contributed by atoms with van der Waals surface area (Å²) in [5, 5.41) is 3.82. The number of ether oxygens (including phenoxy) is 1. The van der Waals surface area contributed by atoms with E-state index in [0.717, 1.165) is 11.8 Å². The fourth-order valence-electron chi connectivity index (χ4n) is 5.54. The van der Waals surface area contributed by atoms with Crippen LogP contribution in [0.5, 0.6) is 5.75 Å². The lowest BCUT2D eigenvalue weighted by atomic mass is 9.85. The molecule has 33 heavy (non-hydrogen) atoms. The van der Waals surface area contributed by atoms with E-state index < -0.39 is 0 Å². The second-order valence-electron chi connectivity index (χ2n) is 8.73. The van der Waals surface area contributed by atoms with Crippen molar-refractivity contribution in [3.8, 4) is 5.75 Å². The number of hydrogen-bond acceptors (Lipinski definition) is 5.